The standard InChI is InChI=1S/C19H13F19NO7PS/c1-39(6-7-45-47(40,41)42)48(43,44)9-4-2-8(3-5-9)46-11(14(23,24)25)10(13(20,21)22)12(17(30,31)32,15(26,27)18(33,34)35)16(28,29)19(36,37)38/h2-5H,6-7H2,1H3,(H2,40,41,42)/b11-10+. The monoisotopic (exact) mass is 791 g/mol. The molecular weight excluding hydrogens is 778 g/mol. The average Bonchev–Trinajstić information content (AvgIpc) is 2.81. The molecule has 0 fully saturated rings. The van der Waals surface area contributed by atoms with E-state index >= 15 is 0 Å². The van der Waals surface area contributed by atoms with Gasteiger partial charge >= 0.3 is 50.5 Å². The summed E-state index contributed by atoms with van der Waals surface area (Å²) >= 11 is 0. The van der Waals surface area contributed by atoms with Crippen molar-refractivity contribution in [2.24, 2.45) is 5.41 Å². The van der Waals surface area contributed by atoms with E-state index in [-0.39, 0.29) is 28.6 Å². The van der Waals surface area contributed by atoms with Gasteiger partial charge in [-0.05, 0) is 24.3 Å². The van der Waals surface area contributed by atoms with Crippen LogP contribution in [0.1, 0.15) is 0 Å². The topological polar surface area (TPSA) is 113 Å². The van der Waals surface area contributed by atoms with Crippen molar-refractivity contribution in [3.8, 4) is 5.75 Å². The lowest BCUT2D eigenvalue weighted by molar-refractivity contribution is -0.457. The van der Waals surface area contributed by atoms with Gasteiger partial charge in [-0.25, -0.2) is 13.0 Å². The van der Waals surface area contributed by atoms with Gasteiger partial charge in [0.25, 0.3) is 0 Å². The number of sulfonamides is 1. The van der Waals surface area contributed by atoms with E-state index in [1.807, 2.05) is 0 Å². The third-order valence-corrected chi connectivity index (χ3v) is 8.03. The highest BCUT2D eigenvalue weighted by molar-refractivity contribution is 7.89. The third-order valence-electron chi connectivity index (χ3n) is 5.64. The zero-order chi connectivity index (χ0) is 38.5. The normalized spacial score (nSPS) is 15.9. The lowest BCUT2D eigenvalue weighted by Crippen LogP contribution is -2.73. The van der Waals surface area contributed by atoms with Crippen LogP contribution in [0.15, 0.2) is 40.5 Å². The number of alkyl halides is 19. The summed E-state index contributed by atoms with van der Waals surface area (Å²) in [6.45, 7) is -1.98. The molecule has 0 bridgehead atoms. The van der Waals surface area contributed by atoms with Crippen molar-refractivity contribution in [3.63, 3.8) is 0 Å². The molecule has 0 saturated carbocycles. The average molecular weight is 791 g/mol. The number of nitrogens with zero attached hydrogens (tertiary/aromatic N) is 1. The first kappa shape index (κ1) is 43.5. The minimum atomic E-state index is -9.20. The first-order valence-electron chi connectivity index (χ1n) is 11.1. The molecule has 0 spiro atoms. The van der Waals surface area contributed by atoms with Gasteiger partial charge in [0.1, 0.15) is 11.3 Å². The molecule has 29 heteroatoms. The summed E-state index contributed by atoms with van der Waals surface area (Å²) in [5.41, 5.74) is -15.1. The van der Waals surface area contributed by atoms with Gasteiger partial charge < -0.3 is 14.5 Å². The van der Waals surface area contributed by atoms with Crippen LogP contribution in [0, 0.1) is 5.41 Å². The zero-order valence-corrected chi connectivity index (χ0v) is 23.9. The number of allylic oxidation sites excluding steroid dienone is 2. The SMILES string of the molecule is CN(CCOP(=O)(O)O)S(=O)(=O)c1ccc(O/C(=C(/C(F)(F)F)C(C(F)(F)F)(C(F)(F)C(F)(F)F)C(F)(F)C(F)(F)F)C(F)(F)F)cc1. The van der Waals surface area contributed by atoms with Crippen molar-refractivity contribution in [2.45, 2.75) is 47.6 Å². The van der Waals surface area contributed by atoms with Crippen LogP contribution in [0.5, 0.6) is 5.75 Å². The number of likely N-dealkylation sites (N-methyl/N-ethyl adjacent to an activating group) is 1. The zero-order valence-electron chi connectivity index (χ0n) is 22.1. The Bertz CT molecular complexity index is 1460. The molecule has 0 atom stereocenters. The van der Waals surface area contributed by atoms with Crippen molar-refractivity contribution in [1.29, 1.82) is 0 Å². The number of phosphoric acid groups is 1. The van der Waals surface area contributed by atoms with Crippen molar-refractivity contribution < 1.29 is 115 Å². The van der Waals surface area contributed by atoms with E-state index in [1.165, 1.54) is 0 Å². The van der Waals surface area contributed by atoms with Gasteiger partial charge in [-0.2, -0.15) is 87.7 Å². The molecule has 8 nitrogen and oxygen atoms in total. The minimum Gasteiger partial charge on any atom is -0.452 e. The lowest BCUT2D eigenvalue weighted by Gasteiger charge is -2.48. The molecule has 280 valence electrons. The maximum absolute atomic E-state index is 14.3. The molecule has 2 N–H and O–H groups in total. The smallest absolute Gasteiger partial charge is 0.452 e. The molecule has 1 aromatic rings. The Balaban J connectivity index is 4.26. The molecular formula is C19H13F19NO7PS. The van der Waals surface area contributed by atoms with Gasteiger partial charge in [-0.15, -0.1) is 0 Å². The molecule has 0 amide bonds. The van der Waals surface area contributed by atoms with E-state index < -0.39 is 101 Å². The highest BCUT2D eigenvalue weighted by Gasteiger charge is 2.96. The predicted molar refractivity (Wildman–Crippen MR) is 115 cm³/mol. The minimum absolute atomic E-state index is 0.0160. The van der Waals surface area contributed by atoms with E-state index in [0.717, 1.165) is 0 Å². The van der Waals surface area contributed by atoms with Gasteiger partial charge in [0.2, 0.25) is 21.2 Å². The van der Waals surface area contributed by atoms with E-state index in [9.17, 15) is 96.4 Å². The third kappa shape index (κ3) is 8.24. The summed E-state index contributed by atoms with van der Waals surface area (Å²) in [5.74, 6) is -25.2. The number of benzene rings is 1. The molecule has 0 radical (unpaired) electrons. The van der Waals surface area contributed by atoms with Gasteiger partial charge in [-0.1, -0.05) is 0 Å². The fraction of sp³-hybridized carbons (Fsp3) is 0.579. The second-order valence-corrected chi connectivity index (χ2v) is 12.1. The number of ether oxygens (including phenoxy) is 1. The maximum atomic E-state index is 14.3. The van der Waals surface area contributed by atoms with Crippen molar-refractivity contribution >= 4 is 17.8 Å². The number of hydrogen-bond acceptors (Lipinski definition) is 5. The largest absolute Gasteiger partial charge is 0.469 e. The molecule has 0 aromatic heterocycles. The van der Waals surface area contributed by atoms with Crippen LogP contribution < -0.4 is 4.74 Å². The molecule has 0 aliphatic carbocycles. The van der Waals surface area contributed by atoms with Crippen molar-refractivity contribution in [1.82, 2.24) is 4.31 Å². The number of rotatable bonds is 11. The molecule has 1 rings (SSSR count). The highest BCUT2D eigenvalue weighted by Crippen LogP contribution is 2.72. The lowest BCUT2D eigenvalue weighted by atomic mass is 9.66. The van der Waals surface area contributed by atoms with Crippen molar-refractivity contribution in [3.05, 3.63) is 35.6 Å². The van der Waals surface area contributed by atoms with Crippen LogP contribution in [0.2, 0.25) is 0 Å². The number of halogens is 19. The van der Waals surface area contributed by atoms with Gasteiger partial charge in [0.15, 0.2) is 0 Å². The predicted octanol–water partition coefficient (Wildman–Crippen LogP) is 7.12. The van der Waals surface area contributed by atoms with E-state index in [1.54, 1.807) is 0 Å². The highest BCUT2D eigenvalue weighted by atomic mass is 32.2. The Morgan fingerprint density at radius 2 is 1.10 bits per heavy atom. The number of hydrogen-bond donors (Lipinski definition) is 2. The van der Waals surface area contributed by atoms with Crippen LogP contribution in [-0.4, -0.2) is 85.4 Å². The molecule has 48 heavy (non-hydrogen) atoms. The summed E-state index contributed by atoms with van der Waals surface area (Å²) in [7, 11) is -9.48. The van der Waals surface area contributed by atoms with Crippen LogP contribution in [0.4, 0.5) is 83.4 Å². The molecule has 0 aliphatic rings. The van der Waals surface area contributed by atoms with Crippen LogP contribution >= 0.6 is 7.82 Å². The molecule has 0 saturated heterocycles. The summed E-state index contributed by atoms with van der Waals surface area (Å²) in [6, 6.07) is -0.604. The molecule has 0 heterocycles. The summed E-state index contributed by atoms with van der Waals surface area (Å²) in [6.07, 6.45) is -41.7. The Kier molecular flexibility index (Phi) is 11.7. The molecule has 0 aliphatic heterocycles. The Labute approximate surface area is 253 Å². The Hall–Kier alpha value is -2.55. The maximum Gasteiger partial charge on any atom is 0.469 e. The quantitative estimate of drug-likeness (QED) is 0.140. The van der Waals surface area contributed by atoms with Crippen molar-refractivity contribution in [2.75, 3.05) is 20.2 Å². The Morgan fingerprint density at radius 1 is 0.708 bits per heavy atom. The van der Waals surface area contributed by atoms with Crippen LogP contribution in [-0.2, 0) is 19.1 Å². The summed E-state index contributed by atoms with van der Waals surface area (Å²) in [4.78, 5) is 15.9. The van der Waals surface area contributed by atoms with E-state index in [4.69, 9.17) is 9.79 Å². The van der Waals surface area contributed by atoms with Crippen LogP contribution in [0.3, 0.4) is 0 Å². The van der Waals surface area contributed by atoms with E-state index in [0.29, 0.717) is 7.05 Å². The van der Waals surface area contributed by atoms with Crippen LogP contribution in [0.25, 0.3) is 0 Å². The fourth-order valence-corrected chi connectivity index (χ4v) is 5.06. The first-order chi connectivity index (χ1) is 20.8. The first-order valence-corrected chi connectivity index (χ1v) is 14.1. The number of phosphoric ester groups is 1. The second kappa shape index (κ2) is 13.0. The summed E-state index contributed by atoms with van der Waals surface area (Å²) < 4.78 is 304. The van der Waals surface area contributed by atoms with Gasteiger partial charge in [-0.3, -0.25) is 4.52 Å². The van der Waals surface area contributed by atoms with Gasteiger partial charge in [0.05, 0.1) is 11.5 Å². The van der Waals surface area contributed by atoms with Gasteiger partial charge in [0, 0.05) is 13.6 Å². The van der Waals surface area contributed by atoms with E-state index in [2.05, 4.69) is 9.26 Å². The molecule has 0 unspecified atom stereocenters. The Morgan fingerprint density at radius 3 is 1.40 bits per heavy atom. The summed E-state index contributed by atoms with van der Waals surface area (Å²) in [5, 5.41) is 0. The second-order valence-electron chi connectivity index (χ2n) is 8.82. The molecule has 1 aromatic carbocycles. The fourth-order valence-electron chi connectivity index (χ4n) is 3.58.